The summed E-state index contributed by atoms with van der Waals surface area (Å²) in [6.07, 6.45) is 7.94. The molecule has 1 saturated carbocycles. The smallest absolute Gasteiger partial charge is 0.0127 e. The molecular weight excluding hydrogens is 196 g/mol. The van der Waals surface area contributed by atoms with Crippen LogP contribution in [-0.2, 0) is 0 Å². The summed E-state index contributed by atoms with van der Waals surface area (Å²) in [5.74, 6) is 0. The van der Waals surface area contributed by atoms with Crippen molar-refractivity contribution in [2.75, 3.05) is 14.1 Å². The normalized spacial score (nSPS) is 27.4. The van der Waals surface area contributed by atoms with Crippen LogP contribution in [0.4, 0.5) is 0 Å². The average Bonchev–Trinajstić information content (AvgIpc) is 2.17. The molecule has 0 aromatic carbocycles. The van der Waals surface area contributed by atoms with Gasteiger partial charge in [-0.2, -0.15) is 0 Å². The second-order valence-corrected chi connectivity index (χ2v) is 6.25. The van der Waals surface area contributed by atoms with Gasteiger partial charge < -0.3 is 10.2 Å². The van der Waals surface area contributed by atoms with Gasteiger partial charge >= 0.3 is 0 Å². The summed E-state index contributed by atoms with van der Waals surface area (Å²) in [5.41, 5.74) is 0.324. The zero-order chi connectivity index (χ0) is 12.2. The van der Waals surface area contributed by atoms with Crippen molar-refractivity contribution < 1.29 is 0 Å². The van der Waals surface area contributed by atoms with Crippen molar-refractivity contribution in [2.24, 2.45) is 0 Å². The molecule has 1 aliphatic rings. The largest absolute Gasteiger partial charge is 0.309 e. The van der Waals surface area contributed by atoms with Crippen LogP contribution in [0.1, 0.15) is 59.3 Å². The first-order valence-corrected chi connectivity index (χ1v) is 6.88. The molecule has 96 valence electrons. The maximum atomic E-state index is 3.84. The van der Waals surface area contributed by atoms with Crippen LogP contribution in [0.25, 0.3) is 0 Å². The molecule has 0 unspecified atom stereocenters. The Labute approximate surface area is 102 Å². The average molecular weight is 226 g/mol. The molecular formula is C14H30N2. The summed E-state index contributed by atoms with van der Waals surface area (Å²) in [4.78, 5) is 2.38. The maximum absolute atomic E-state index is 3.84. The summed E-state index contributed by atoms with van der Waals surface area (Å²) < 4.78 is 0. The minimum absolute atomic E-state index is 0.324. The topological polar surface area (TPSA) is 15.3 Å². The fourth-order valence-electron chi connectivity index (χ4n) is 2.99. The van der Waals surface area contributed by atoms with Gasteiger partial charge in [-0.05, 0) is 60.0 Å². The monoisotopic (exact) mass is 226 g/mol. The number of nitrogens with zero attached hydrogens (tertiary/aromatic N) is 1. The quantitative estimate of drug-likeness (QED) is 0.775. The molecule has 2 nitrogen and oxygen atoms in total. The van der Waals surface area contributed by atoms with E-state index in [4.69, 9.17) is 0 Å². The van der Waals surface area contributed by atoms with E-state index < -0.39 is 0 Å². The first-order chi connectivity index (χ1) is 7.44. The first kappa shape index (κ1) is 14.0. The molecule has 2 heteroatoms. The third kappa shape index (κ3) is 4.42. The van der Waals surface area contributed by atoms with Crippen LogP contribution in [0.3, 0.4) is 0 Å². The Kier molecular flexibility index (Phi) is 5.26. The second kappa shape index (κ2) is 6.02. The molecule has 0 saturated heterocycles. The molecule has 1 rings (SSSR count). The van der Waals surface area contributed by atoms with E-state index in [1.165, 1.54) is 38.5 Å². The fraction of sp³-hybridized carbons (Fsp3) is 1.00. The molecule has 0 heterocycles. The molecule has 0 radical (unpaired) electrons. The Morgan fingerprint density at radius 2 is 1.69 bits per heavy atom. The summed E-state index contributed by atoms with van der Waals surface area (Å²) >= 11 is 0. The van der Waals surface area contributed by atoms with Gasteiger partial charge in [0, 0.05) is 17.6 Å². The minimum atomic E-state index is 0.324. The molecule has 0 spiro atoms. The van der Waals surface area contributed by atoms with Gasteiger partial charge in [0.15, 0.2) is 0 Å². The SMILES string of the molecule is CCCC(C)(C)NC1CCC(N(C)C)CC1. The predicted octanol–water partition coefficient (Wildman–Crippen LogP) is 3.03. The Morgan fingerprint density at radius 1 is 1.12 bits per heavy atom. The third-order valence-corrected chi connectivity index (χ3v) is 3.90. The van der Waals surface area contributed by atoms with Gasteiger partial charge in [0.1, 0.15) is 0 Å². The van der Waals surface area contributed by atoms with Crippen molar-refractivity contribution in [1.82, 2.24) is 10.2 Å². The van der Waals surface area contributed by atoms with E-state index in [2.05, 4.69) is 45.1 Å². The summed E-state index contributed by atoms with van der Waals surface area (Å²) in [5, 5.41) is 3.84. The van der Waals surface area contributed by atoms with E-state index >= 15 is 0 Å². The lowest BCUT2D eigenvalue weighted by molar-refractivity contribution is 0.183. The van der Waals surface area contributed by atoms with Crippen molar-refractivity contribution in [3.8, 4) is 0 Å². The molecule has 0 amide bonds. The molecule has 0 aromatic heterocycles. The van der Waals surface area contributed by atoms with E-state index in [0.29, 0.717) is 5.54 Å². The van der Waals surface area contributed by atoms with Gasteiger partial charge in [-0.15, -0.1) is 0 Å². The lowest BCUT2D eigenvalue weighted by Crippen LogP contribution is -2.48. The van der Waals surface area contributed by atoms with Crippen LogP contribution < -0.4 is 5.32 Å². The number of rotatable bonds is 5. The molecule has 1 aliphatic carbocycles. The lowest BCUT2D eigenvalue weighted by Gasteiger charge is -2.37. The highest BCUT2D eigenvalue weighted by atomic mass is 15.1. The van der Waals surface area contributed by atoms with Crippen LogP contribution >= 0.6 is 0 Å². The molecule has 16 heavy (non-hydrogen) atoms. The minimum Gasteiger partial charge on any atom is -0.309 e. The van der Waals surface area contributed by atoms with E-state index in [0.717, 1.165) is 12.1 Å². The van der Waals surface area contributed by atoms with Crippen molar-refractivity contribution in [3.05, 3.63) is 0 Å². The summed E-state index contributed by atoms with van der Waals surface area (Å²) in [6, 6.07) is 1.56. The third-order valence-electron chi connectivity index (χ3n) is 3.90. The van der Waals surface area contributed by atoms with Gasteiger partial charge in [0.2, 0.25) is 0 Å². The van der Waals surface area contributed by atoms with Crippen molar-refractivity contribution in [3.63, 3.8) is 0 Å². The van der Waals surface area contributed by atoms with Gasteiger partial charge in [0.25, 0.3) is 0 Å². The zero-order valence-electron chi connectivity index (χ0n) is 11.8. The van der Waals surface area contributed by atoms with E-state index in [1.807, 2.05) is 0 Å². The highest BCUT2D eigenvalue weighted by molar-refractivity contribution is 4.86. The van der Waals surface area contributed by atoms with Crippen LogP contribution in [0.2, 0.25) is 0 Å². The van der Waals surface area contributed by atoms with Crippen LogP contribution in [0.5, 0.6) is 0 Å². The first-order valence-electron chi connectivity index (χ1n) is 6.88. The van der Waals surface area contributed by atoms with E-state index in [-0.39, 0.29) is 0 Å². The second-order valence-electron chi connectivity index (χ2n) is 6.25. The molecule has 1 fully saturated rings. The van der Waals surface area contributed by atoms with Gasteiger partial charge in [0.05, 0.1) is 0 Å². The predicted molar refractivity (Wildman–Crippen MR) is 71.9 cm³/mol. The Morgan fingerprint density at radius 3 is 2.12 bits per heavy atom. The Hall–Kier alpha value is -0.0800. The van der Waals surface area contributed by atoms with Crippen LogP contribution in [0.15, 0.2) is 0 Å². The number of hydrogen-bond acceptors (Lipinski definition) is 2. The van der Waals surface area contributed by atoms with Gasteiger partial charge in [-0.1, -0.05) is 13.3 Å². The standard InChI is InChI=1S/C14H30N2/c1-6-11-14(2,3)15-12-7-9-13(10-8-12)16(4)5/h12-13,15H,6-11H2,1-5H3. The highest BCUT2D eigenvalue weighted by Crippen LogP contribution is 2.24. The summed E-state index contributed by atoms with van der Waals surface area (Å²) in [7, 11) is 4.42. The van der Waals surface area contributed by atoms with Gasteiger partial charge in [-0.3, -0.25) is 0 Å². The Bertz CT molecular complexity index is 191. The fourth-order valence-corrected chi connectivity index (χ4v) is 2.99. The van der Waals surface area contributed by atoms with Crippen LogP contribution in [-0.4, -0.2) is 36.6 Å². The summed E-state index contributed by atoms with van der Waals surface area (Å²) in [6.45, 7) is 6.95. The highest BCUT2D eigenvalue weighted by Gasteiger charge is 2.26. The molecule has 0 aromatic rings. The molecule has 0 aliphatic heterocycles. The van der Waals surface area contributed by atoms with Crippen molar-refractivity contribution in [2.45, 2.75) is 76.9 Å². The molecule has 0 atom stereocenters. The van der Waals surface area contributed by atoms with Crippen LogP contribution in [0, 0.1) is 0 Å². The Balaban J connectivity index is 2.31. The van der Waals surface area contributed by atoms with Crippen molar-refractivity contribution >= 4 is 0 Å². The van der Waals surface area contributed by atoms with E-state index in [9.17, 15) is 0 Å². The maximum Gasteiger partial charge on any atom is 0.0127 e. The van der Waals surface area contributed by atoms with Gasteiger partial charge in [-0.25, -0.2) is 0 Å². The lowest BCUT2D eigenvalue weighted by atomic mass is 9.88. The van der Waals surface area contributed by atoms with E-state index in [1.54, 1.807) is 0 Å². The number of hydrogen-bond donors (Lipinski definition) is 1. The number of nitrogens with one attached hydrogen (secondary N) is 1. The molecule has 0 bridgehead atoms. The molecule has 1 N–H and O–H groups in total. The van der Waals surface area contributed by atoms with Crippen molar-refractivity contribution in [1.29, 1.82) is 0 Å². The zero-order valence-corrected chi connectivity index (χ0v) is 11.8.